The molecule has 2 aliphatic rings. The molecule has 0 spiro atoms. The lowest BCUT2D eigenvalue weighted by Crippen LogP contribution is -2.37. The number of hydrogen-bond acceptors (Lipinski definition) is 5. The number of ether oxygens (including phenoxy) is 1. The minimum atomic E-state index is -1.11. The van der Waals surface area contributed by atoms with E-state index in [1.54, 1.807) is 6.92 Å². The van der Waals surface area contributed by atoms with E-state index in [0.29, 0.717) is 30.6 Å². The van der Waals surface area contributed by atoms with Crippen LogP contribution in [0.1, 0.15) is 39.0 Å². The number of rotatable bonds is 2. The van der Waals surface area contributed by atoms with Gasteiger partial charge >= 0.3 is 5.97 Å². The van der Waals surface area contributed by atoms with Crippen molar-refractivity contribution in [3.63, 3.8) is 0 Å². The summed E-state index contributed by atoms with van der Waals surface area (Å²) in [5, 5.41) is 8.60. The average molecular weight is 240 g/mol. The molecular formula is C12H16O5. The topological polar surface area (TPSA) is 72.8 Å². The van der Waals surface area contributed by atoms with E-state index >= 15 is 0 Å². The molecule has 0 bridgehead atoms. The maximum absolute atomic E-state index is 12.1. The fraction of sp³-hybridized carbons (Fsp3) is 0.667. The second-order valence-corrected chi connectivity index (χ2v) is 4.53. The third-order valence-electron chi connectivity index (χ3n) is 3.66. The van der Waals surface area contributed by atoms with Gasteiger partial charge in [-0.2, -0.15) is 5.26 Å². The summed E-state index contributed by atoms with van der Waals surface area (Å²) in [4.78, 5) is 27.7. The van der Waals surface area contributed by atoms with Crippen molar-refractivity contribution < 1.29 is 24.5 Å². The first-order valence-corrected chi connectivity index (χ1v) is 5.91. The Hall–Kier alpha value is -1.36. The molecule has 1 aliphatic heterocycles. The van der Waals surface area contributed by atoms with Crippen LogP contribution >= 0.6 is 0 Å². The van der Waals surface area contributed by atoms with Gasteiger partial charge in [-0.15, -0.1) is 0 Å². The van der Waals surface area contributed by atoms with Crippen molar-refractivity contribution >= 4 is 11.8 Å². The van der Waals surface area contributed by atoms with Gasteiger partial charge in [-0.25, -0.2) is 4.79 Å². The SMILES string of the molecule is CCC1(C(=O)OO)COC2=C1C(=O)CCCC2. The molecule has 0 saturated carbocycles. The van der Waals surface area contributed by atoms with E-state index in [1.165, 1.54) is 0 Å². The van der Waals surface area contributed by atoms with Gasteiger partial charge in [0.15, 0.2) is 5.78 Å². The molecule has 5 nitrogen and oxygen atoms in total. The predicted molar refractivity (Wildman–Crippen MR) is 57.9 cm³/mol. The Labute approximate surface area is 99.3 Å². The first-order valence-electron chi connectivity index (χ1n) is 5.91. The maximum atomic E-state index is 12.1. The molecule has 0 amide bonds. The van der Waals surface area contributed by atoms with Crippen LogP contribution in [0.4, 0.5) is 0 Å². The monoisotopic (exact) mass is 240 g/mol. The Morgan fingerprint density at radius 1 is 1.47 bits per heavy atom. The van der Waals surface area contributed by atoms with Crippen molar-refractivity contribution in [3.8, 4) is 0 Å². The van der Waals surface area contributed by atoms with Gasteiger partial charge < -0.3 is 4.74 Å². The largest absolute Gasteiger partial charge is 0.496 e. The molecule has 1 atom stereocenters. The number of Topliss-reactive ketones (excluding diaryl/α,β-unsaturated/α-hetero) is 1. The number of hydrogen-bond donors (Lipinski definition) is 1. The van der Waals surface area contributed by atoms with Gasteiger partial charge in [0.05, 0.1) is 5.57 Å². The van der Waals surface area contributed by atoms with E-state index in [0.717, 1.165) is 12.8 Å². The van der Waals surface area contributed by atoms with E-state index in [9.17, 15) is 9.59 Å². The van der Waals surface area contributed by atoms with Gasteiger partial charge in [-0.05, 0) is 19.3 Å². The number of carbonyl (C=O) groups excluding carboxylic acids is 2. The van der Waals surface area contributed by atoms with Gasteiger partial charge in [-0.1, -0.05) is 6.92 Å². The van der Waals surface area contributed by atoms with Crippen LogP contribution in [0.5, 0.6) is 0 Å². The third-order valence-corrected chi connectivity index (χ3v) is 3.66. The van der Waals surface area contributed by atoms with Crippen LogP contribution in [0.15, 0.2) is 11.3 Å². The zero-order valence-corrected chi connectivity index (χ0v) is 9.82. The summed E-state index contributed by atoms with van der Waals surface area (Å²) >= 11 is 0. The summed E-state index contributed by atoms with van der Waals surface area (Å²) in [6, 6.07) is 0. The molecule has 0 aromatic carbocycles. The fourth-order valence-corrected chi connectivity index (χ4v) is 2.61. The summed E-state index contributed by atoms with van der Waals surface area (Å²) < 4.78 is 5.48. The van der Waals surface area contributed by atoms with Gasteiger partial charge in [0.2, 0.25) is 0 Å². The molecule has 5 heteroatoms. The molecule has 2 rings (SSSR count). The molecule has 0 saturated heterocycles. The van der Waals surface area contributed by atoms with Gasteiger partial charge in [0, 0.05) is 12.8 Å². The second kappa shape index (κ2) is 4.49. The molecule has 1 heterocycles. The Morgan fingerprint density at radius 2 is 2.18 bits per heavy atom. The molecule has 0 fully saturated rings. The van der Waals surface area contributed by atoms with Crippen molar-refractivity contribution in [1.29, 1.82) is 0 Å². The highest BCUT2D eigenvalue weighted by molar-refractivity contribution is 6.03. The van der Waals surface area contributed by atoms with Gasteiger partial charge in [0.25, 0.3) is 0 Å². The van der Waals surface area contributed by atoms with E-state index in [2.05, 4.69) is 4.89 Å². The van der Waals surface area contributed by atoms with Crippen molar-refractivity contribution in [3.05, 3.63) is 11.3 Å². The van der Waals surface area contributed by atoms with Crippen LogP contribution < -0.4 is 0 Å². The van der Waals surface area contributed by atoms with E-state index in [1.807, 2.05) is 0 Å². The van der Waals surface area contributed by atoms with Crippen LogP contribution in [0.25, 0.3) is 0 Å². The van der Waals surface area contributed by atoms with Crippen LogP contribution in [0.2, 0.25) is 0 Å². The lowest BCUT2D eigenvalue weighted by molar-refractivity contribution is -0.244. The minimum Gasteiger partial charge on any atom is -0.496 e. The Kier molecular flexibility index (Phi) is 3.19. The Balaban J connectivity index is 2.45. The zero-order chi connectivity index (χ0) is 12.5. The molecule has 17 heavy (non-hydrogen) atoms. The highest BCUT2D eigenvalue weighted by Gasteiger charge is 2.52. The minimum absolute atomic E-state index is 0.0535. The molecule has 1 aliphatic carbocycles. The lowest BCUT2D eigenvalue weighted by atomic mass is 9.77. The summed E-state index contributed by atoms with van der Waals surface area (Å²) in [5.74, 6) is -0.234. The fourth-order valence-electron chi connectivity index (χ4n) is 2.61. The number of carbonyl (C=O) groups is 2. The van der Waals surface area contributed by atoms with Crippen molar-refractivity contribution in [2.24, 2.45) is 5.41 Å². The highest BCUT2D eigenvalue weighted by atomic mass is 17.1. The molecule has 94 valence electrons. The quantitative estimate of drug-likeness (QED) is 0.588. The Bertz CT molecular complexity index is 384. The molecule has 0 radical (unpaired) electrons. The lowest BCUT2D eigenvalue weighted by Gasteiger charge is -2.23. The van der Waals surface area contributed by atoms with E-state index < -0.39 is 11.4 Å². The van der Waals surface area contributed by atoms with E-state index in [-0.39, 0.29) is 12.4 Å². The molecule has 0 aromatic rings. The first-order chi connectivity index (χ1) is 8.15. The highest BCUT2D eigenvalue weighted by Crippen LogP contribution is 2.45. The Morgan fingerprint density at radius 3 is 2.82 bits per heavy atom. The third kappa shape index (κ3) is 1.74. The van der Waals surface area contributed by atoms with Crippen LogP contribution in [0.3, 0.4) is 0 Å². The molecule has 1 N–H and O–H groups in total. The summed E-state index contributed by atoms with van der Waals surface area (Å²) in [5.41, 5.74) is -0.678. The van der Waals surface area contributed by atoms with Crippen LogP contribution in [0, 0.1) is 5.41 Å². The normalized spacial score (nSPS) is 28.5. The van der Waals surface area contributed by atoms with Gasteiger partial charge in [-0.3, -0.25) is 9.68 Å². The number of ketones is 1. The maximum Gasteiger partial charge on any atom is 0.356 e. The van der Waals surface area contributed by atoms with Crippen molar-refractivity contribution in [1.82, 2.24) is 0 Å². The predicted octanol–water partition coefficient (Wildman–Crippen LogP) is 1.83. The molecule has 0 aromatic heterocycles. The summed E-state index contributed by atoms with van der Waals surface area (Å²) in [6.45, 7) is 1.88. The summed E-state index contributed by atoms with van der Waals surface area (Å²) in [6.07, 6.45) is 3.20. The average Bonchev–Trinajstić information content (AvgIpc) is 2.63. The van der Waals surface area contributed by atoms with Crippen molar-refractivity contribution in [2.45, 2.75) is 39.0 Å². The molecule has 1 unspecified atom stereocenters. The second-order valence-electron chi connectivity index (χ2n) is 4.53. The van der Waals surface area contributed by atoms with Crippen LogP contribution in [-0.2, 0) is 19.2 Å². The first kappa shape index (κ1) is 12.1. The number of allylic oxidation sites excluding steroid dienone is 1. The van der Waals surface area contributed by atoms with E-state index in [4.69, 9.17) is 9.99 Å². The van der Waals surface area contributed by atoms with Gasteiger partial charge in [0.1, 0.15) is 17.8 Å². The van der Waals surface area contributed by atoms with Crippen molar-refractivity contribution in [2.75, 3.05) is 6.61 Å². The smallest absolute Gasteiger partial charge is 0.356 e. The summed E-state index contributed by atoms with van der Waals surface area (Å²) in [7, 11) is 0. The van der Waals surface area contributed by atoms with Crippen LogP contribution in [-0.4, -0.2) is 23.6 Å². The molecular weight excluding hydrogens is 224 g/mol. The zero-order valence-electron chi connectivity index (χ0n) is 9.82. The standard InChI is InChI=1S/C12H16O5/c1-2-12(11(14)17-15)7-16-9-6-4-3-5-8(13)10(9)12/h15H,2-7H2,1H3.